The van der Waals surface area contributed by atoms with Gasteiger partial charge < -0.3 is 5.73 Å². The number of nitrogens with zero attached hydrogens (tertiary/aromatic N) is 3. The maximum Gasteiger partial charge on any atom is 0.400 e. The molecular formula is C14H13F3N4OS. The first-order chi connectivity index (χ1) is 10.6. The number of nitrogens with two attached hydrogens (primary N) is 1. The molecule has 1 aliphatic carbocycles. The zero-order valence-electron chi connectivity index (χ0n) is 12.4. The number of alkyl halides is 3. The predicted molar refractivity (Wildman–Crippen MR) is 78.1 cm³/mol. The molecule has 2 N–H and O–H groups in total. The van der Waals surface area contributed by atoms with Gasteiger partial charge in [-0.1, -0.05) is 0 Å². The van der Waals surface area contributed by atoms with Crippen molar-refractivity contribution in [2.75, 3.05) is 0 Å². The van der Waals surface area contributed by atoms with Crippen molar-refractivity contribution in [1.82, 2.24) is 15.0 Å². The minimum absolute atomic E-state index is 0.138. The van der Waals surface area contributed by atoms with E-state index >= 15 is 0 Å². The minimum Gasteiger partial charge on any atom is -0.364 e. The van der Waals surface area contributed by atoms with Crippen LogP contribution in [0.15, 0.2) is 5.51 Å². The maximum atomic E-state index is 13.3. The lowest BCUT2D eigenvalue weighted by Gasteiger charge is -2.28. The van der Waals surface area contributed by atoms with E-state index in [0.717, 1.165) is 19.5 Å². The summed E-state index contributed by atoms with van der Waals surface area (Å²) in [5.41, 5.74) is 6.11. The highest BCUT2D eigenvalue weighted by Crippen LogP contribution is 2.42. The molecule has 1 aliphatic rings. The normalized spacial score (nSPS) is 14.3. The van der Waals surface area contributed by atoms with Crippen molar-refractivity contribution < 1.29 is 18.0 Å². The van der Waals surface area contributed by atoms with E-state index in [2.05, 4.69) is 15.0 Å². The third kappa shape index (κ3) is 2.39. The van der Waals surface area contributed by atoms with Crippen LogP contribution in [0.1, 0.15) is 41.4 Å². The molecule has 0 saturated carbocycles. The summed E-state index contributed by atoms with van der Waals surface area (Å²) < 4.78 is 39.9. The summed E-state index contributed by atoms with van der Waals surface area (Å²) in [5.74, 6) is -1.31. The Morgan fingerprint density at radius 3 is 2.57 bits per heavy atom. The molecule has 0 spiro atoms. The third-order valence-electron chi connectivity index (χ3n) is 3.98. The van der Waals surface area contributed by atoms with Crippen LogP contribution in [-0.2, 0) is 18.3 Å². The molecule has 1 amide bonds. The Balaban J connectivity index is 2.29. The molecule has 0 saturated heterocycles. The van der Waals surface area contributed by atoms with E-state index < -0.39 is 23.3 Å². The van der Waals surface area contributed by atoms with Crippen molar-refractivity contribution >= 4 is 17.2 Å². The van der Waals surface area contributed by atoms with E-state index in [9.17, 15) is 18.0 Å². The van der Waals surface area contributed by atoms with Gasteiger partial charge in [-0.15, -0.1) is 11.3 Å². The molecule has 0 fully saturated rings. The molecule has 9 heteroatoms. The topological polar surface area (TPSA) is 81.8 Å². The molecule has 122 valence electrons. The number of thiazole rings is 1. The number of fused-ring (bicyclic) bond motifs is 3. The summed E-state index contributed by atoms with van der Waals surface area (Å²) in [6, 6.07) is 0. The van der Waals surface area contributed by atoms with Gasteiger partial charge >= 0.3 is 6.18 Å². The number of aromatic nitrogens is 3. The van der Waals surface area contributed by atoms with E-state index in [4.69, 9.17) is 5.73 Å². The van der Waals surface area contributed by atoms with Gasteiger partial charge in [-0.25, -0.2) is 15.0 Å². The standard InChI is InChI=1S/C14H13F3N4OS/c1-13(2,14(15,16)17)12-20-8-6(9(21-12)11(18)22)3-4-7-10(8)23-5-19-7/h5H,3-4H2,1-2H3,(H2,18,22). The highest BCUT2D eigenvalue weighted by atomic mass is 32.1. The van der Waals surface area contributed by atoms with Crippen molar-refractivity contribution in [2.45, 2.75) is 38.3 Å². The van der Waals surface area contributed by atoms with Gasteiger partial charge in [0.25, 0.3) is 5.91 Å². The highest BCUT2D eigenvalue weighted by molar-refractivity contribution is 7.13. The first-order valence-corrected chi connectivity index (χ1v) is 7.71. The second kappa shape index (κ2) is 4.98. The molecule has 3 rings (SSSR count). The first kappa shape index (κ1) is 15.9. The van der Waals surface area contributed by atoms with E-state index in [0.29, 0.717) is 29.0 Å². The molecule has 5 nitrogen and oxygen atoms in total. The average molecular weight is 342 g/mol. The smallest absolute Gasteiger partial charge is 0.364 e. The minimum atomic E-state index is -4.55. The highest BCUT2D eigenvalue weighted by Gasteiger charge is 2.51. The van der Waals surface area contributed by atoms with Crippen LogP contribution in [0, 0.1) is 0 Å². The van der Waals surface area contributed by atoms with Crippen molar-refractivity contribution in [1.29, 1.82) is 0 Å². The van der Waals surface area contributed by atoms with E-state index in [1.165, 1.54) is 11.3 Å². The van der Waals surface area contributed by atoms with Crippen LogP contribution < -0.4 is 5.73 Å². The first-order valence-electron chi connectivity index (χ1n) is 6.83. The average Bonchev–Trinajstić information content (AvgIpc) is 2.93. The quantitative estimate of drug-likeness (QED) is 0.910. The number of hydrogen-bond donors (Lipinski definition) is 1. The van der Waals surface area contributed by atoms with Gasteiger partial charge in [0.1, 0.15) is 16.9 Å². The second-order valence-corrected chi connectivity index (χ2v) is 6.69. The summed E-state index contributed by atoms with van der Waals surface area (Å²) in [5, 5.41) is 0. The molecule has 23 heavy (non-hydrogen) atoms. The van der Waals surface area contributed by atoms with Crippen LogP contribution in [0.4, 0.5) is 13.2 Å². The van der Waals surface area contributed by atoms with Crippen molar-refractivity contribution in [3.8, 4) is 10.6 Å². The lowest BCUT2D eigenvalue weighted by atomic mass is 9.89. The van der Waals surface area contributed by atoms with Crippen molar-refractivity contribution in [3.63, 3.8) is 0 Å². The fourth-order valence-corrected chi connectivity index (χ4v) is 3.26. The Morgan fingerprint density at radius 1 is 1.26 bits per heavy atom. The number of rotatable bonds is 2. The van der Waals surface area contributed by atoms with Crippen LogP contribution in [0.3, 0.4) is 0 Å². The monoisotopic (exact) mass is 342 g/mol. The van der Waals surface area contributed by atoms with Crippen LogP contribution in [0.25, 0.3) is 10.6 Å². The predicted octanol–water partition coefficient (Wildman–Crippen LogP) is 2.64. The van der Waals surface area contributed by atoms with Gasteiger partial charge in [0.05, 0.1) is 21.8 Å². The molecule has 0 unspecified atom stereocenters. The third-order valence-corrected chi connectivity index (χ3v) is 4.85. The zero-order valence-corrected chi connectivity index (χ0v) is 13.2. The zero-order chi connectivity index (χ0) is 17.0. The second-order valence-electron chi connectivity index (χ2n) is 5.84. The Bertz CT molecular complexity index is 798. The number of hydrogen-bond acceptors (Lipinski definition) is 5. The Morgan fingerprint density at radius 2 is 1.96 bits per heavy atom. The fraction of sp³-hybridized carbons (Fsp3) is 0.429. The molecule has 2 aromatic heterocycles. The number of halogens is 3. The summed E-state index contributed by atoms with van der Waals surface area (Å²) in [6.07, 6.45) is -3.55. The molecule has 2 heterocycles. The lowest BCUT2D eigenvalue weighted by Crippen LogP contribution is -2.39. The Hall–Kier alpha value is -2.03. The number of carbonyl (C=O) groups is 1. The van der Waals surface area contributed by atoms with Gasteiger partial charge in [0.15, 0.2) is 0 Å². The van der Waals surface area contributed by atoms with E-state index in [1.807, 2.05) is 0 Å². The van der Waals surface area contributed by atoms with Gasteiger partial charge in [-0.2, -0.15) is 13.2 Å². The summed E-state index contributed by atoms with van der Waals surface area (Å²) >= 11 is 1.28. The van der Waals surface area contributed by atoms with Crippen LogP contribution in [0.5, 0.6) is 0 Å². The van der Waals surface area contributed by atoms with Crippen molar-refractivity contribution in [2.24, 2.45) is 5.73 Å². The number of primary amides is 1. The number of carbonyl (C=O) groups excluding carboxylic acids is 1. The molecule has 0 bridgehead atoms. The molecule has 0 aliphatic heterocycles. The van der Waals surface area contributed by atoms with Crippen LogP contribution in [0.2, 0.25) is 0 Å². The van der Waals surface area contributed by atoms with Crippen molar-refractivity contribution in [3.05, 3.63) is 28.3 Å². The van der Waals surface area contributed by atoms with Gasteiger partial charge in [0.2, 0.25) is 0 Å². The molecule has 0 aromatic carbocycles. The lowest BCUT2D eigenvalue weighted by molar-refractivity contribution is -0.182. The van der Waals surface area contributed by atoms with Crippen LogP contribution in [-0.4, -0.2) is 27.0 Å². The largest absolute Gasteiger partial charge is 0.400 e. The van der Waals surface area contributed by atoms with E-state index in [-0.39, 0.29) is 5.69 Å². The van der Waals surface area contributed by atoms with Gasteiger partial charge in [-0.05, 0) is 26.7 Å². The summed E-state index contributed by atoms with van der Waals surface area (Å²) in [6.45, 7) is 1.96. The Labute approximate surface area is 133 Å². The number of amides is 1. The SMILES string of the molecule is CC(C)(c1nc(C(N)=O)c2c(n1)-c1scnc1CC2)C(F)(F)F. The van der Waals surface area contributed by atoms with Gasteiger partial charge in [-0.3, -0.25) is 4.79 Å². The van der Waals surface area contributed by atoms with E-state index in [1.54, 1.807) is 5.51 Å². The maximum absolute atomic E-state index is 13.3. The fourth-order valence-electron chi connectivity index (χ4n) is 2.40. The Kier molecular flexibility index (Phi) is 3.44. The van der Waals surface area contributed by atoms with Gasteiger partial charge in [0, 0.05) is 5.56 Å². The molecule has 0 atom stereocenters. The molecular weight excluding hydrogens is 329 g/mol. The van der Waals surface area contributed by atoms with Crippen LogP contribution >= 0.6 is 11.3 Å². The molecule has 2 aromatic rings. The summed E-state index contributed by atoms with van der Waals surface area (Å²) in [7, 11) is 0. The molecule has 0 radical (unpaired) electrons. The number of aryl methyl sites for hydroxylation is 1. The summed E-state index contributed by atoms with van der Waals surface area (Å²) in [4.78, 5) is 24.6.